The maximum Gasteiger partial charge on any atom is 0.322 e. The molecule has 6 N–H and O–H groups in total. The van der Waals surface area contributed by atoms with Crippen LogP contribution in [0.25, 0.3) is 0 Å². The summed E-state index contributed by atoms with van der Waals surface area (Å²) in [6.07, 6.45) is 1.95. The summed E-state index contributed by atoms with van der Waals surface area (Å²) < 4.78 is 2.95. The van der Waals surface area contributed by atoms with Crippen molar-refractivity contribution in [2.24, 2.45) is 5.73 Å². The average Bonchev–Trinajstić information content (AvgIpc) is 2.46. The van der Waals surface area contributed by atoms with Crippen LogP contribution in [0.4, 0.5) is 0 Å². The lowest BCUT2D eigenvalue weighted by molar-refractivity contribution is -0.138. The molecular weight excluding hydrogens is 411 g/mol. The molecule has 0 rings (SSSR count). The van der Waals surface area contributed by atoms with E-state index in [1.54, 1.807) is 0 Å². The summed E-state index contributed by atoms with van der Waals surface area (Å²) in [7, 11) is 0. The van der Waals surface area contributed by atoms with Gasteiger partial charge in [-0.2, -0.15) is 12.6 Å². The van der Waals surface area contributed by atoms with Crippen molar-refractivity contribution in [1.29, 1.82) is 0 Å². The topological polar surface area (TPSA) is 134 Å². The number of amides is 2. The molecule has 0 aromatic rings. The molecule has 0 spiro atoms. The van der Waals surface area contributed by atoms with Gasteiger partial charge in [-0.1, -0.05) is 0 Å². The maximum absolute atomic E-state index is 11.9. The number of carbonyl (C=O) groups excluding carboxylic acids is 2. The first-order valence-corrected chi connectivity index (χ1v) is 8.13. The molecule has 0 heterocycles. The van der Waals surface area contributed by atoms with Crippen LogP contribution >= 0.6 is 35.5 Å². The zero-order valence-electron chi connectivity index (χ0n) is 11.5. The number of halogens is 1. The largest absolute Gasteiger partial charge is 0.480 e. The van der Waals surface area contributed by atoms with Gasteiger partial charge in [0.1, 0.15) is 12.6 Å². The molecule has 0 aliphatic rings. The second-order valence-electron chi connectivity index (χ2n) is 4.34. The van der Waals surface area contributed by atoms with Gasteiger partial charge in [0.15, 0.2) is 0 Å². The fraction of sp³-hybridized carbons (Fsp3) is 0.727. The van der Waals surface area contributed by atoms with Crippen molar-refractivity contribution in [2.75, 3.05) is 18.8 Å². The Morgan fingerprint density at radius 2 is 1.90 bits per heavy atom. The quantitative estimate of drug-likeness (QED) is 0.108. The number of thiol groups is 1. The Bertz CT molecular complexity index is 359. The number of hydrogen-bond acceptors (Lipinski definition) is 6. The highest BCUT2D eigenvalue weighted by Crippen LogP contribution is 2.02. The predicted molar refractivity (Wildman–Crippen MR) is 90.3 cm³/mol. The van der Waals surface area contributed by atoms with Gasteiger partial charge >= 0.3 is 5.97 Å². The summed E-state index contributed by atoms with van der Waals surface area (Å²) in [6, 6.07) is -1.60. The van der Waals surface area contributed by atoms with E-state index in [1.165, 1.54) is 0 Å². The van der Waals surface area contributed by atoms with Crippen LogP contribution in [-0.4, -0.2) is 53.8 Å². The van der Waals surface area contributed by atoms with Crippen molar-refractivity contribution in [3.63, 3.8) is 0 Å². The van der Waals surface area contributed by atoms with Crippen molar-refractivity contribution in [3.05, 3.63) is 0 Å². The summed E-state index contributed by atoms with van der Waals surface area (Å²) in [5.41, 5.74) is 5.54. The number of carboxylic acid groups (broad SMARTS) is 1. The molecule has 0 aromatic heterocycles. The van der Waals surface area contributed by atoms with Gasteiger partial charge in [0, 0.05) is 35.2 Å². The van der Waals surface area contributed by atoms with Gasteiger partial charge in [0.2, 0.25) is 11.8 Å². The van der Waals surface area contributed by atoms with Crippen LogP contribution in [0, 0.1) is 0 Å². The minimum Gasteiger partial charge on any atom is -0.480 e. The van der Waals surface area contributed by atoms with Crippen molar-refractivity contribution in [1.82, 2.24) is 14.2 Å². The molecule has 0 aliphatic carbocycles. The fourth-order valence-corrected chi connectivity index (χ4v) is 2.00. The molecule has 2 amide bonds. The lowest BCUT2D eigenvalue weighted by atomic mass is 10.1. The van der Waals surface area contributed by atoms with Crippen LogP contribution in [0.15, 0.2) is 0 Å². The number of carbonyl (C=O) groups is 3. The van der Waals surface area contributed by atoms with E-state index in [-0.39, 0.29) is 5.75 Å². The molecule has 0 fully saturated rings. The van der Waals surface area contributed by atoms with Crippen LogP contribution < -0.4 is 19.9 Å². The highest BCUT2D eigenvalue weighted by atomic mass is 127. The summed E-state index contributed by atoms with van der Waals surface area (Å²) in [4.78, 5) is 34.1. The number of rotatable bonds is 11. The first-order chi connectivity index (χ1) is 9.92. The van der Waals surface area contributed by atoms with E-state index in [4.69, 9.17) is 10.8 Å². The molecule has 0 saturated carbocycles. The molecular formula is C11H21IN4O4S. The van der Waals surface area contributed by atoms with Crippen molar-refractivity contribution in [3.8, 4) is 0 Å². The summed E-state index contributed by atoms with van der Waals surface area (Å²) in [6.45, 7) is 0.299. The highest BCUT2D eigenvalue weighted by molar-refractivity contribution is 14.1. The predicted octanol–water partition coefficient (Wildman–Crippen LogP) is -0.961. The van der Waals surface area contributed by atoms with E-state index in [0.29, 0.717) is 12.8 Å². The molecule has 0 saturated heterocycles. The summed E-state index contributed by atoms with van der Waals surface area (Å²) >= 11 is 5.94. The van der Waals surface area contributed by atoms with Crippen LogP contribution in [-0.2, 0) is 14.4 Å². The Morgan fingerprint density at radius 3 is 2.43 bits per heavy atom. The number of unbranched alkanes of at least 4 members (excludes halogenated alkanes) is 1. The van der Waals surface area contributed by atoms with Crippen LogP contribution in [0.5, 0.6) is 0 Å². The molecule has 8 nitrogen and oxygen atoms in total. The standard InChI is InChI=1S/C11H21IN4O4S/c12-15-4-2-1-3-8(11(20)14-5-9(17)18)16-10(19)7(13)6-21/h7-8,15,21H,1-6,13H2,(H,14,20)(H,16,19)(H,17,18)/t7-,8+/m0/s1. The molecule has 2 atom stereocenters. The molecule has 10 heteroatoms. The third-order valence-electron chi connectivity index (χ3n) is 2.59. The van der Waals surface area contributed by atoms with Crippen molar-refractivity contribution in [2.45, 2.75) is 31.3 Å². The van der Waals surface area contributed by atoms with Gasteiger partial charge in [-0.3, -0.25) is 17.9 Å². The highest BCUT2D eigenvalue weighted by Gasteiger charge is 2.23. The van der Waals surface area contributed by atoms with Crippen molar-refractivity contribution < 1.29 is 19.5 Å². The van der Waals surface area contributed by atoms with E-state index in [0.717, 1.165) is 13.0 Å². The number of nitrogens with one attached hydrogen (secondary N) is 3. The van der Waals surface area contributed by atoms with Crippen molar-refractivity contribution >= 4 is 53.3 Å². The molecule has 0 aliphatic heterocycles. The van der Waals surface area contributed by atoms with E-state index in [9.17, 15) is 14.4 Å². The zero-order chi connectivity index (χ0) is 16.3. The first kappa shape index (κ1) is 20.4. The monoisotopic (exact) mass is 432 g/mol. The third kappa shape index (κ3) is 9.87. The number of carboxylic acids is 1. The smallest absolute Gasteiger partial charge is 0.322 e. The average molecular weight is 432 g/mol. The van der Waals surface area contributed by atoms with Crippen LogP contribution in [0.1, 0.15) is 19.3 Å². The van der Waals surface area contributed by atoms with E-state index in [1.807, 2.05) is 22.9 Å². The van der Waals surface area contributed by atoms with E-state index >= 15 is 0 Å². The molecule has 0 bridgehead atoms. The first-order valence-electron chi connectivity index (χ1n) is 6.42. The second-order valence-corrected chi connectivity index (χ2v) is 5.47. The Labute approximate surface area is 142 Å². The van der Waals surface area contributed by atoms with Gasteiger partial charge in [-0.15, -0.1) is 0 Å². The SMILES string of the molecule is N[C@@H](CS)C(=O)N[C@H](CCCCNI)C(=O)NCC(=O)O. The van der Waals surface area contributed by atoms with E-state index in [2.05, 4.69) is 26.8 Å². The lowest BCUT2D eigenvalue weighted by Gasteiger charge is -2.19. The summed E-state index contributed by atoms with van der Waals surface area (Å²) in [5.74, 6) is -1.99. The maximum atomic E-state index is 11.9. The van der Waals surface area contributed by atoms with Gasteiger partial charge in [0.25, 0.3) is 0 Å². The number of aliphatic carboxylic acids is 1. The zero-order valence-corrected chi connectivity index (χ0v) is 14.5. The minimum atomic E-state index is -1.14. The minimum absolute atomic E-state index is 0.161. The Morgan fingerprint density at radius 1 is 1.24 bits per heavy atom. The Kier molecular flexibility index (Phi) is 11.7. The second kappa shape index (κ2) is 12.0. The molecule has 21 heavy (non-hydrogen) atoms. The Balaban J connectivity index is 4.48. The lowest BCUT2D eigenvalue weighted by Crippen LogP contribution is -2.52. The molecule has 0 radical (unpaired) electrons. The van der Waals surface area contributed by atoms with Crippen LogP contribution in [0.3, 0.4) is 0 Å². The van der Waals surface area contributed by atoms with Gasteiger partial charge < -0.3 is 21.5 Å². The fourth-order valence-electron chi connectivity index (χ4n) is 1.46. The van der Waals surface area contributed by atoms with Gasteiger partial charge in [0.05, 0.1) is 6.04 Å². The summed E-state index contributed by atoms with van der Waals surface area (Å²) in [5, 5.41) is 13.3. The molecule has 0 unspecified atom stereocenters. The normalized spacial score (nSPS) is 13.3. The number of hydrogen-bond donors (Lipinski definition) is 6. The van der Waals surface area contributed by atoms with Crippen LogP contribution in [0.2, 0.25) is 0 Å². The van der Waals surface area contributed by atoms with E-state index < -0.39 is 36.4 Å². The number of nitrogens with two attached hydrogens (primary N) is 1. The third-order valence-corrected chi connectivity index (χ3v) is 3.53. The van der Waals surface area contributed by atoms with Gasteiger partial charge in [-0.25, -0.2) is 0 Å². The molecule has 122 valence electrons. The Hall–Kier alpha value is -0.590. The van der Waals surface area contributed by atoms with Gasteiger partial charge in [-0.05, 0) is 19.3 Å². The molecule has 0 aromatic carbocycles.